The van der Waals surface area contributed by atoms with Crippen LogP contribution in [0.15, 0.2) is 4.99 Å². The van der Waals surface area contributed by atoms with Crippen LogP contribution in [-0.2, 0) is 10.0 Å². The van der Waals surface area contributed by atoms with Crippen LogP contribution in [0.25, 0.3) is 0 Å². The minimum atomic E-state index is -3.24. The van der Waals surface area contributed by atoms with Crippen LogP contribution in [0.1, 0.15) is 47.0 Å². The molecule has 1 fully saturated rings. The Kier molecular flexibility index (Phi) is 8.17. The molecule has 0 saturated heterocycles. The van der Waals surface area contributed by atoms with Crippen LogP contribution < -0.4 is 15.4 Å². The number of nitrogens with one attached hydrogen (secondary N) is 3. The van der Waals surface area contributed by atoms with Crippen molar-refractivity contribution in [3.05, 3.63) is 0 Å². The van der Waals surface area contributed by atoms with Gasteiger partial charge in [-0.2, -0.15) is 11.8 Å². The van der Waals surface area contributed by atoms with Gasteiger partial charge in [-0.05, 0) is 45.8 Å². The Morgan fingerprint density at radius 3 is 2.57 bits per heavy atom. The molecule has 0 aromatic rings. The van der Waals surface area contributed by atoms with Crippen molar-refractivity contribution >= 4 is 27.7 Å². The SMILES string of the molecule is CCNC(=NCC(C)(C)NS(C)(=O)=O)NC1CCC(SCC)C1. The van der Waals surface area contributed by atoms with Crippen molar-refractivity contribution < 1.29 is 8.42 Å². The van der Waals surface area contributed by atoms with Gasteiger partial charge in [-0.3, -0.25) is 4.99 Å². The van der Waals surface area contributed by atoms with Crippen LogP contribution in [0, 0.1) is 0 Å². The fourth-order valence-electron chi connectivity index (χ4n) is 2.78. The Balaban J connectivity index is 2.60. The summed E-state index contributed by atoms with van der Waals surface area (Å²) in [6.07, 6.45) is 4.74. The summed E-state index contributed by atoms with van der Waals surface area (Å²) in [6, 6.07) is 0.447. The first kappa shape index (κ1) is 20.6. The summed E-state index contributed by atoms with van der Waals surface area (Å²) in [5, 5.41) is 7.48. The summed E-state index contributed by atoms with van der Waals surface area (Å²) in [4.78, 5) is 4.56. The van der Waals surface area contributed by atoms with Crippen LogP contribution in [0.2, 0.25) is 0 Å². The average molecular weight is 365 g/mol. The number of aliphatic imine (C=N–C) groups is 1. The fourth-order valence-corrected chi connectivity index (χ4v) is 4.99. The van der Waals surface area contributed by atoms with Gasteiger partial charge in [0, 0.05) is 23.4 Å². The third-order valence-corrected chi connectivity index (χ3v) is 5.72. The molecule has 1 aliphatic carbocycles. The molecule has 1 rings (SSSR count). The van der Waals surface area contributed by atoms with Crippen molar-refractivity contribution in [3.8, 4) is 0 Å². The molecule has 0 aromatic carbocycles. The Morgan fingerprint density at radius 2 is 2.00 bits per heavy atom. The zero-order valence-electron chi connectivity index (χ0n) is 15.0. The lowest BCUT2D eigenvalue weighted by Crippen LogP contribution is -2.47. The Morgan fingerprint density at radius 1 is 1.30 bits per heavy atom. The van der Waals surface area contributed by atoms with E-state index in [1.165, 1.54) is 12.7 Å². The second-order valence-electron chi connectivity index (χ2n) is 6.68. The monoisotopic (exact) mass is 364 g/mol. The fraction of sp³-hybridized carbons (Fsp3) is 0.933. The molecular formula is C15H32N4O2S2. The molecule has 23 heavy (non-hydrogen) atoms. The molecule has 136 valence electrons. The minimum absolute atomic E-state index is 0.384. The van der Waals surface area contributed by atoms with Gasteiger partial charge < -0.3 is 10.6 Å². The highest BCUT2D eigenvalue weighted by Crippen LogP contribution is 2.29. The lowest BCUT2D eigenvalue weighted by molar-refractivity contribution is 0.463. The van der Waals surface area contributed by atoms with Crippen molar-refractivity contribution in [2.75, 3.05) is 25.1 Å². The van der Waals surface area contributed by atoms with Gasteiger partial charge in [-0.25, -0.2) is 13.1 Å². The molecule has 0 amide bonds. The number of sulfonamides is 1. The first-order valence-electron chi connectivity index (χ1n) is 8.30. The van der Waals surface area contributed by atoms with E-state index in [2.05, 4.69) is 27.3 Å². The summed E-state index contributed by atoms with van der Waals surface area (Å²) in [6.45, 7) is 9.07. The van der Waals surface area contributed by atoms with Gasteiger partial charge in [0.1, 0.15) is 0 Å². The highest BCUT2D eigenvalue weighted by molar-refractivity contribution is 7.99. The molecule has 6 nitrogen and oxygen atoms in total. The lowest BCUT2D eigenvalue weighted by Gasteiger charge is -2.24. The van der Waals surface area contributed by atoms with E-state index in [1.54, 1.807) is 0 Å². The molecule has 8 heteroatoms. The highest BCUT2D eigenvalue weighted by atomic mass is 32.2. The van der Waals surface area contributed by atoms with Crippen molar-refractivity contribution in [1.82, 2.24) is 15.4 Å². The van der Waals surface area contributed by atoms with Crippen LogP contribution in [0.4, 0.5) is 0 Å². The third-order valence-electron chi connectivity index (χ3n) is 3.57. The topological polar surface area (TPSA) is 82.6 Å². The average Bonchev–Trinajstić information content (AvgIpc) is 2.81. The predicted octanol–water partition coefficient (Wildman–Crippen LogP) is 1.54. The Labute approximate surface area is 145 Å². The number of hydrogen-bond donors (Lipinski definition) is 3. The molecular weight excluding hydrogens is 332 g/mol. The van der Waals surface area contributed by atoms with Crippen LogP contribution in [0.5, 0.6) is 0 Å². The van der Waals surface area contributed by atoms with E-state index in [1.807, 2.05) is 32.5 Å². The van der Waals surface area contributed by atoms with Crippen molar-refractivity contribution in [3.63, 3.8) is 0 Å². The molecule has 3 N–H and O–H groups in total. The number of hydrogen-bond acceptors (Lipinski definition) is 4. The smallest absolute Gasteiger partial charge is 0.209 e. The second-order valence-corrected chi connectivity index (χ2v) is 10.0. The minimum Gasteiger partial charge on any atom is -0.357 e. The van der Waals surface area contributed by atoms with Crippen molar-refractivity contribution in [1.29, 1.82) is 0 Å². The molecule has 0 aliphatic heterocycles. The van der Waals surface area contributed by atoms with Crippen LogP contribution >= 0.6 is 11.8 Å². The molecule has 0 spiro atoms. The van der Waals surface area contributed by atoms with Gasteiger partial charge >= 0.3 is 0 Å². The molecule has 0 heterocycles. The van der Waals surface area contributed by atoms with E-state index in [9.17, 15) is 8.42 Å². The standard InChI is InChI=1S/C15H32N4O2S2/c1-6-16-14(17-11-15(3,4)19-23(5,20)21)18-12-8-9-13(10-12)22-7-2/h12-13,19H,6-11H2,1-5H3,(H2,16,17,18). The predicted molar refractivity (Wildman–Crippen MR) is 101 cm³/mol. The zero-order chi connectivity index (χ0) is 17.5. The highest BCUT2D eigenvalue weighted by Gasteiger charge is 2.26. The molecule has 0 radical (unpaired) electrons. The molecule has 1 saturated carbocycles. The van der Waals surface area contributed by atoms with Crippen LogP contribution in [-0.4, -0.2) is 56.3 Å². The first-order valence-corrected chi connectivity index (χ1v) is 11.2. The van der Waals surface area contributed by atoms with E-state index in [-0.39, 0.29) is 0 Å². The van der Waals surface area contributed by atoms with Crippen molar-refractivity contribution in [2.24, 2.45) is 4.99 Å². The number of guanidine groups is 1. The Hall–Kier alpha value is -0.470. The maximum Gasteiger partial charge on any atom is 0.209 e. The maximum absolute atomic E-state index is 11.4. The van der Waals surface area contributed by atoms with E-state index in [0.29, 0.717) is 12.6 Å². The normalized spacial score (nSPS) is 23.1. The van der Waals surface area contributed by atoms with Gasteiger partial charge in [0.05, 0.1) is 12.8 Å². The zero-order valence-corrected chi connectivity index (χ0v) is 16.6. The summed E-state index contributed by atoms with van der Waals surface area (Å²) in [5.41, 5.74) is -0.605. The van der Waals surface area contributed by atoms with Crippen LogP contribution in [0.3, 0.4) is 0 Å². The number of rotatable bonds is 8. The lowest BCUT2D eigenvalue weighted by atomic mass is 10.1. The molecule has 2 atom stereocenters. The third kappa shape index (κ3) is 8.81. The molecule has 0 bridgehead atoms. The van der Waals surface area contributed by atoms with Crippen molar-refractivity contribution in [2.45, 2.75) is 63.8 Å². The maximum atomic E-state index is 11.4. The molecule has 2 unspecified atom stereocenters. The Bertz CT molecular complexity index is 492. The number of thioether (sulfide) groups is 1. The van der Waals surface area contributed by atoms with E-state index in [4.69, 9.17) is 0 Å². The largest absolute Gasteiger partial charge is 0.357 e. The first-order chi connectivity index (χ1) is 10.6. The molecule has 1 aliphatic rings. The second kappa shape index (κ2) is 9.13. The van der Waals surface area contributed by atoms with Gasteiger partial charge in [0.25, 0.3) is 0 Å². The van der Waals surface area contributed by atoms with E-state index in [0.717, 1.165) is 36.3 Å². The van der Waals surface area contributed by atoms with Gasteiger partial charge in [-0.1, -0.05) is 6.92 Å². The summed E-state index contributed by atoms with van der Waals surface area (Å²) in [5.74, 6) is 1.93. The quantitative estimate of drug-likeness (QED) is 0.450. The summed E-state index contributed by atoms with van der Waals surface area (Å²) in [7, 11) is -3.24. The van der Waals surface area contributed by atoms with E-state index >= 15 is 0 Å². The van der Waals surface area contributed by atoms with Gasteiger partial charge in [0.15, 0.2) is 5.96 Å². The number of nitrogens with zero attached hydrogens (tertiary/aromatic N) is 1. The van der Waals surface area contributed by atoms with Gasteiger partial charge in [-0.15, -0.1) is 0 Å². The molecule has 0 aromatic heterocycles. The summed E-state index contributed by atoms with van der Waals surface area (Å²) < 4.78 is 25.4. The van der Waals surface area contributed by atoms with E-state index < -0.39 is 15.6 Å². The summed E-state index contributed by atoms with van der Waals surface area (Å²) >= 11 is 2.03. The van der Waals surface area contributed by atoms with Gasteiger partial charge in [0.2, 0.25) is 10.0 Å².